The second-order valence-corrected chi connectivity index (χ2v) is 7.61. The Balaban J connectivity index is 1.72. The zero-order valence-corrected chi connectivity index (χ0v) is 17.6. The monoisotopic (exact) mass is 449 g/mol. The third-order valence-electron chi connectivity index (χ3n) is 5.19. The molecule has 0 aliphatic carbocycles. The number of halogens is 2. The standard InChI is InChI=1S/C22H17ClFN7O/c1-2-16(29-20-18-19(26-10-25-18)27-11-28-20)21-30-17-8-5-13(24)9-15(17)22(32)31(21)14-6-3-12(23)4-7-14/h3-11,16H,2H2,1H3,(H2,25,26,27,28,29)/t16-/m1/s1. The van der Waals surface area contributed by atoms with Crippen LogP contribution in [0.25, 0.3) is 27.8 Å². The molecule has 0 saturated carbocycles. The normalized spacial score (nSPS) is 12.3. The van der Waals surface area contributed by atoms with Gasteiger partial charge in [-0.15, -0.1) is 0 Å². The molecule has 0 spiro atoms. The molecule has 1 atom stereocenters. The molecule has 5 aromatic rings. The molecule has 3 aromatic heterocycles. The van der Waals surface area contributed by atoms with E-state index in [1.165, 1.54) is 35.4 Å². The van der Waals surface area contributed by atoms with Crippen LogP contribution in [0.15, 0.2) is 59.9 Å². The van der Waals surface area contributed by atoms with Crippen LogP contribution in [0.3, 0.4) is 0 Å². The summed E-state index contributed by atoms with van der Waals surface area (Å²) < 4.78 is 15.4. The van der Waals surface area contributed by atoms with Gasteiger partial charge in [-0.05, 0) is 48.9 Å². The SMILES string of the molecule is CC[C@@H](Nc1ncnc2[nH]cnc12)c1nc2ccc(F)cc2c(=O)n1-c1ccc(Cl)cc1. The van der Waals surface area contributed by atoms with Crippen molar-refractivity contribution in [2.45, 2.75) is 19.4 Å². The molecule has 0 amide bonds. The van der Waals surface area contributed by atoms with Crippen LogP contribution in [0.4, 0.5) is 10.2 Å². The van der Waals surface area contributed by atoms with Gasteiger partial charge in [0.1, 0.15) is 23.5 Å². The lowest BCUT2D eigenvalue weighted by atomic mass is 10.1. The van der Waals surface area contributed by atoms with Crippen molar-refractivity contribution in [3.63, 3.8) is 0 Å². The molecule has 0 aliphatic heterocycles. The van der Waals surface area contributed by atoms with E-state index in [-0.39, 0.29) is 10.9 Å². The van der Waals surface area contributed by atoms with E-state index in [1.54, 1.807) is 24.3 Å². The molecular formula is C22H17ClFN7O. The van der Waals surface area contributed by atoms with Gasteiger partial charge < -0.3 is 10.3 Å². The van der Waals surface area contributed by atoms with Gasteiger partial charge in [-0.3, -0.25) is 9.36 Å². The number of anilines is 1. The highest BCUT2D eigenvalue weighted by Crippen LogP contribution is 2.26. The van der Waals surface area contributed by atoms with Crippen molar-refractivity contribution >= 4 is 39.5 Å². The molecule has 0 saturated heterocycles. The first-order valence-electron chi connectivity index (χ1n) is 9.94. The summed E-state index contributed by atoms with van der Waals surface area (Å²) >= 11 is 6.05. The molecule has 10 heteroatoms. The maximum Gasteiger partial charge on any atom is 0.266 e. The molecule has 8 nitrogen and oxygen atoms in total. The second-order valence-electron chi connectivity index (χ2n) is 7.18. The van der Waals surface area contributed by atoms with Gasteiger partial charge in [-0.1, -0.05) is 18.5 Å². The highest BCUT2D eigenvalue weighted by molar-refractivity contribution is 6.30. The number of nitrogens with one attached hydrogen (secondary N) is 2. The maximum absolute atomic E-state index is 13.9. The Hall–Kier alpha value is -3.85. The van der Waals surface area contributed by atoms with Crippen molar-refractivity contribution in [3.8, 4) is 5.69 Å². The molecule has 0 aliphatic rings. The molecule has 160 valence electrons. The minimum Gasteiger partial charge on any atom is -0.358 e. The Morgan fingerprint density at radius 2 is 1.97 bits per heavy atom. The quantitative estimate of drug-likeness (QED) is 0.412. The molecular weight excluding hydrogens is 433 g/mol. The zero-order chi connectivity index (χ0) is 22.2. The minimum atomic E-state index is -0.501. The van der Waals surface area contributed by atoms with E-state index in [9.17, 15) is 9.18 Å². The van der Waals surface area contributed by atoms with Crippen molar-refractivity contribution in [2.24, 2.45) is 0 Å². The first kappa shape index (κ1) is 20.1. The summed E-state index contributed by atoms with van der Waals surface area (Å²) in [4.78, 5) is 33.9. The van der Waals surface area contributed by atoms with Gasteiger partial charge in [0.05, 0.1) is 29.0 Å². The third-order valence-corrected chi connectivity index (χ3v) is 5.44. The van der Waals surface area contributed by atoms with Gasteiger partial charge >= 0.3 is 0 Å². The average Bonchev–Trinajstić information content (AvgIpc) is 3.28. The van der Waals surface area contributed by atoms with Gasteiger partial charge in [-0.2, -0.15) is 0 Å². The van der Waals surface area contributed by atoms with Crippen molar-refractivity contribution in [2.75, 3.05) is 5.32 Å². The van der Waals surface area contributed by atoms with Crippen LogP contribution in [0.5, 0.6) is 0 Å². The van der Waals surface area contributed by atoms with Crippen LogP contribution in [-0.2, 0) is 0 Å². The Kier molecular flexibility index (Phi) is 5.02. The van der Waals surface area contributed by atoms with Gasteiger partial charge in [0.2, 0.25) is 0 Å². The van der Waals surface area contributed by atoms with Crippen molar-refractivity contribution < 1.29 is 4.39 Å². The van der Waals surface area contributed by atoms with Crippen LogP contribution in [0.1, 0.15) is 25.2 Å². The number of nitrogens with zero attached hydrogens (tertiary/aromatic N) is 5. The average molecular weight is 450 g/mol. The summed E-state index contributed by atoms with van der Waals surface area (Å²) in [5.41, 5.74) is 1.77. The maximum atomic E-state index is 13.9. The molecule has 0 unspecified atom stereocenters. The van der Waals surface area contributed by atoms with E-state index in [0.29, 0.717) is 45.5 Å². The fraction of sp³-hybridized carbons (Fsp3) is 0.136. The Morgan fingerprint density at radius 1 is 1.16 bits per heavy atom. The molecule has 32 heavy (non-hydrogen) atoms. The molecule has 2 aromatic carbocycles. The van der Waals surface area contributed by atoms with Crippen LogP contribution < -0.4 is 10.9 Å². The van der Waals surface area contributed by atoms with Crippen molar-refractivity contribution in [3.05, 3.63) is 82.1 Å². The fourth-order valence-electron chi connectivity index (χ4n) is 3.63. The fourth-order valence-corrected chi connectivity index (χ4v) is 3.76. The van der Waals surface area contributed by atoms with Crippen LogP contribution >= 0.6 is 11.6 Å². The van der Waals surface area contributed by atoms with E-state index in [1.807, 2.05) is 6.92 Å². The van der Waals surface area contributed by atoms with E-state index in [2.05, 4.69) is 25.3 Å². The Labute approximate surface area is 186 Å². The predicted octanol–water partition coefficient (Wildman–Crippen LogP) is 4.41. The summed E-state index contributed by atoms with van der Waals surface area (Å²) in [6.45, 7) is 1.97. The third kappa shape index (κ3) is 3.46. The largest absolute Gasteiger partial charge is 0.358 e. The molecule has 2 N–H and O–H groups in total. The Bertz CT molecular complexity index is 1500. The zero-order valence-electron chi connectivity index (χ0n) is 16.9. The molecule has 3 heterocycles. The van der Waals surface area contributed by atoms with Crippen LogP contribution in [0.2, 0.25) is 5.02 Å². The topological polar surface area (TPSA) is 101 Å². The van der Waals surface area contributed by atoms with E-state index < -0.39 is 11.9 Å². The number of hydrogen-bond acceptors (Lipinski definition) is 6. The van der Waals surface area contributed by atoms with E-state index in [4.69, 9.17) is 16.6 Å². The van der Waals surface area contributed by atoms with Gasteiger partial charge in [-0.25, -0.2) is 24.3 Å². The Morgan fingerprint density at radius 3 is 2.75 bits per heavy atom. The van der Waals surface area contributed by atoms with Crippen LogP contribution in [0, 0.1) is 5.82 Å². The number of imidazole rings is 1. The summed E-state index contributed by atoms with van der Waals surface area (Å²) in [5.74, 6) is 0.472. The van der Waals surface area contributed by atoms with Crippen molar-refractivity contribution in [1.82, 2.24) is 29.5 Å². The summed E-state index contributed by atoms with van der Waals surface area (Å²) in [5, 5.41) is 4.07. The molecule has 0 radical (unpaired) electrons. The summed E-state index contributed by atoms with van der Waals surface area (Å²) in [7, 11) is 0. The predicted molar refractivity (Wildman–Crippen MR) is 121 cm³/mol. The lowest BCUT2D eigenvalue weighted by Crippen LogP contribution is -2.28. The second kappa shape index (κ2) is 8.01. The summed E-state index contributed by atoms with van der Waals surface area (Å²) in [6.07, 6.45) is 3.55. The number of rotatable bonds is 5. The number of fused-ring (bicyclic) bond motifs is 2. The minimum absolute atomic E-state index is 0.190. The van der Waals surface area contributed by atoms with Crippen LogP contribution in [-0.4, -0.2) is 29.5 Å². The van der Waals surface area contributed by atoms with E-state index >= 15 is 0 Å². The highest BCUT2D eigenvalue weighted by atomic mass is 35.5. The smallest absolute Gasteiger partial charge is 0.266 e. The number of aromatic nitrogens is 6. The number of H-pyrrole nitrogens is 1. The number of hydrogen-bond donors (Lipinski definition) is 2. The van der Waals surface area contributed by atoms with E-state index in [0.717, 1.165) is 0 Å². The van der Waals surface area contributed by atoms with Crippen molar-refractivity contribution in [1.29, 1.82) is 0 Å². The van der Waals surface area contributed by atoms with Gasteiger partial charge in [0, 0.05) is 5.02 Å². The molecule has 0 bridgehead atoms. The van der Waals surface area contributed by atoms with Gasteiger partial charge in [0.25, 0.3) is 5.56 Å². The lowest BCUT2D eigenvalue weighted by molar-refractivity contribution is 0.628. The number of aromatic amines is 1. The number of benzene rings is 2. The molecule has 0 fully saturated rings. The lowest BCUT2D eigenvalue weighted by Gasteiger charge is -2.22. The highest BCUT2D eigenvalue weighted by Gasteiger charge is 2.22. The molecule has 5 rings (SSSR count). The first-order valence-corrected chi connectivity index (χ1v) is 10.3. The van der Waals surface area contributed by atoms with Gasteiger partial charge in [0.15, 0.2) is 11.5 Å². The first-order chi connectivity index (χ1) is 15.5. The summed E-state index contributed by atoms with van der Waals surface area (Å²) in [6, 6.07) is 10.4.